The predicted molar refractivity (Wildman–Crippen MR) is 114 cm³/mol. The zero-order valence-electron chi connectivity index (χ0n) is 14.9. The van der Waals surface area contributed by atoms with Crippen LogP contribution in [0.15, 0.2) is 41.9 Å². The maximum Gasteiger partial charge on any atom is 0.191 e. The molecule has 1 atom stereocenters. The molecule has 0 aliphatic carbocycles. The number of aliphatic imine (C=N–C) groups is 1. The van der Waals surface area contributed by atoms with Crippen molar-refractivity contribution in [2.45, 2.75) is 25.9 Å². The first-order valence-corrected chi connectivity index (χ1v) is 10.3. The molecule has 1 saturated heterocycles. The molecule has 0 radical (unpaired) electrons. The summed E-state index contributed by atoms with van der Waals surface area (Å²) in [5.74, 6) is 0.501. The van der Waals surface area contributed by atoms with Crippen LogP contribution in [0.4, 0.5) is 4.39 Å². The van der Waals surface area contributed by atoms with Crippen LogP contribution in [-0.2, 0) is 16.4 Å². The van der Waals surface area contributed by atoms with Gasteiger partial charge in [-0.25, -0.2) is 22.8 Å². The SMILES string of the molecule is CCNC(=NCc1ccc(-n2ccnc2)c(F)c1)NC1CCS(=O)(=O)C1.I. The third-order valence-corrected chi connectivity index (χ3v) is 5.90. The summed E-state index contributed by atoms with van der Waals surface area (Å²) in [4.78, 5) is 8.36. The van der Waals surface area contributed by atoms with Gasteiger partial charge in [-0.2, -0.15) is 0 Å². The van der Waals surface area contributed by atoms with E-state index in [1.54, 1.807) is 29.4 Å². The fourth-order valence-electron chi connectivity index (χ4n) is 2.85. The number of rotatable bonds is 5. The van der Waals surface area contributed by atoms with Gasteiger partial charge in [0.2, 0.25) is 0 Å². The summed E-state index contributed by atoms with van der Waals surface area (Å²) in [6, 6.07) is 4.80. The Bertz CT molecular complexity index is 887. The number of sulfone groups is 1. The van der Waals surface area contributed by atoms with Gasteiger partial charge in [0.25, 0.3) is 0 Å². The van der Waals surface area contributed by atoms with Crippen LogP contribution in [0.3, 0.4) is 0 Å². The molecular formula is C17H23FIN5O2S. The molecule has 148 valence electrons. The van der Waals surface area contributed by atoms with Gasteiger partial charge in [0.1, 0.15) is 5.82 Å². The Balaban J connectivity index is 0.00000261. The fourth-order valence-corrected chi connectivity index (χ4v) is 4.53. The third-order valence-electron chi connectivity index (χ3n) is 4.13. The molecule has 0 amide bonds. The first-order chi connectivity index (χ1) is 12.5. The number of imidazole rings is 1. The minimum atomic E-state index is -2.96. The summed E-state index contributed by atoms with van der Waals surface area (Å²) in [6.45, 7) is 2.87. The van der Waals surface area contributed by atoms with Crippen molar-refractivity contribution in [1.82, 2.24) is 20.2 Å². The third kappa shape index (κ3) is 5.89. The standard InChI is InChI=1S/C17H22FN5O2S.HI/c1-2-20-17(22-14-5-8-26(24,25)11-14)21-10-13-3-4-16(15(18)9-13)23-7-6-19-12-23;/h3-4,6-7,9,12,14H,2,5,8,10-11H2,1H3,(H2,20,21,22);1H. The van der Waals surface area contributed by atoms with Gasteiger partial charge in [0.05, 0.1) is 30.1 Å². The number of nitrogens with one attached hydrogen (secondary N) is 2. The average molecular weight is 507 g/mol. The Labute approximate surface area is 175 Å². The Hall–Kier alpha value is -1.69. The molecular weight excluding hydrogens is 484 g/mol. The van der Waals surface area contributed by atoms with Gasteiger partial charge in [-0.15, -0.1) is 24.0 Å². The molecule has 1 aliphatic rings. The van der Waals surface area contributed by atoms with Gasteiger partial charge in [-0.3, -0.25) is 0 Å². The van der Waals surface area contributed by atoms with Crippen LogP contribution in [0.2, 0.25) is 0 Å². The van der Waals surface area contributed by atoms with Gasteiger partial charge < -0.3 is 15.2 Å². The molecule has 1 aromatic carbocycles. The van der Waals surface area contributed by atoms with Crippen LogP contribution in [-0.4, -0.2) is 48.0 Å². The fraction of sp³-hybridized carbons (Fsp3) is 0.412. The minimum absolute atomic E-state index is 0. The van der Waals surface area contributed by atoms with E-state index in [-0.39, 0.29) is 53.9 Å². The quantitative estimate of drug-likeness (QED) is 0.367. The zero-order chi connectivity index (χ0) is 18.6. The van der Waals surface area contributed by atoms with Crippen LogP contribution in [0.5, 0.6) is 0 Å². The lowest BCUT2D eigenvalue weighted by Gasteiger charge is -2.16. The van der Waals surface area contributed by atoms with Gasteiger partial charge in [-0.05, 0) is 31.0 Å². The second kappa shape index (κ2) is 9.49. The monoisotopic (exact) mass is 507 g/mol. The number of benzene rings is 1. The molecule has 2 aromatic rings. The molecule has 27 heavy (non-hydrogen) atoms. The first kappa shape index (κ1) is 21.6. The highest BCUT2D eigenvalue weighted by atomic mass is 127. The van der Waals surface area contributed by atoms with E-state index < -0.39 is 9.84 Å². The van der Waals surface area contributed by atoms with E-state index in [1.807, 2.05) is 13.0 Å². The molecule has 2 N–H and O–H groups in total. The lowest BCUT2D eigenvalue weighted by Crippen LogP contribution is -2.44. The largest absolute Gasteiger partial charge is 0.357 e. The van der Waals surface area contributed by atoms with Crippen LogP contribution in [0, 0.1) is 5.82 Å². The van der Waals surface area contributed by atoms with Crippen molar-refractivity contribution >= 4 is 39.8 Å². The number of hydrogen-bond donors (Lipinski definition) is 2. The minimum Gasteiger partial charge on any atom is -0.357 e. The Kier molecular flexibility index (Phi) is 7.59. The Morgan fingerprint density at radius 3 is 2.85 bits per heavy atom. The van der Waals surface area contributed by atoms with Gasteiger partial charge in [0, 0.05) is 25.0 Å². The molecule has 3 rings (SSSR count). The molecule has 2 heterocycles. The molecule has 1 fully saturated rings. The van der Waals surface area contributed by atoms with Crippen LogP contribution in [0.25, 0.3) is 5.69 Å². The maximum atomic E-state index is 14.3. The topological polar surface area (TPSA) is 88.4 Å². The number of aromatic nitrogens is 2. The lowest BCUT2D eigenvalue weighted by atomic mass is 10.2. The van der Waals surface area contributed by atoms with Crippen molar-refractivity contribution in [1.29, 1.82) is 0 Å². The van der Waals surface area contributed by atoms with Crippen LogP contribution >= 0.6 is 24.0 Å². The van der Waals surface area contributed by atoms with E-state index in [4.69, 9.17) is 0 Å². The number of guanidine groups is 1. The van der Waals surface area contributed by atoms with E-state index in [9.17, 15) is 12.8 Å². The number of hydrogen-bond acceptors (Lipinski definition) is 4. The van der Waals surface area contributed by atoms with Crippen molar-refractivity contribution in [3.63, 3.8) is 0 Å². The molecule has 7 nitrogen and oxygen atoms in total. The van der Waals surface area contributed by atoms with Crippen molar-refractivity contribution in [2.24, 2.45) is 4.99 Å². The summed E-state index contributed by atoms with van der Waals surface area (Å²) in [5, 5.41) is 6.24. The smallest absolute Gasteiger partial charge is 0.191 e. The molecule has 1 aromatic heterocycles. The van der Waals surface area contributed by atoms with Crippen molar-refractivity contribution in [3.8, 4) is 5.69 Å². The van der Waals surface area contributed by atoms with E-state index in [0.29, 0.717) is 24.6 Å². The summed E-state index contributed by atoms with van der Waals surface area (Å²) < 4.78 is 39.1. The van der Waals surface area contributed by atoms with Crippen molar-refractivity contribution in [2.75, 3.05) is 18.1 Å². The molecule has 10 heteroatoms. The molecule has 0 saturated carbocycles. The average Bonchev–Trinajstić information content (AvgIpc) is 3.22. The normalized spacial score (nSPS) is 18.7. The van der Waals surface area contributed by atoms with E-state index in [0.717, 1.165) is 5.56 Å². The molecule has 1 aliphatic heterocycles. The van der Waals surface area contributed by atoms with Gasteiger partial charge >= 0.3 is 0 Å². The summed E-state index contributed by atoms with van der Waals surface area (Å²) >= 11 is 0. The van der Waals surface area contributed by atoms with Crippen molar-refractivity contribution in [3.05, 3.63) is 48.3 Å². The van der Waals surface area contributed by atoms with Crippen LogP contribution < -0.4 is 10.6 Å². The summed E-state index contributed by atoms with van der Waals surface area (Å²) in [5.41, 5.74) is 1.15. The van der Waals surface area contributed by atoms with E-state index in [1.165, 1.54) is 6.07 Å². The first-order valence-electron chi connectivity index (χ1n) is 8.49. The Morgan fingerprint density at radius 1 is 1.44 bits per heavy atom. The predicted octanol–water partition coefficient (Wildman–Crippen LogP) is 1.87. The maximum absolute atomic E-state index is 14.3. The van der Waals surface area contributed by atoms with E-state index in [2.05, 4.69) is 20.6 Å². The highest BCUT2D eigenvalue weighted by molar-refractivity contribution is 14.0. The molecule has 0 bridgehead atoms. The summed E-state index contributed by atoms with van der Waals surface area (Å²) in [6.07, 6.45) is 5.38. The summed E-state index contributed by atoms with van der Waals surface area (Å²) in [7, 11) is -2.96. The highest BCUT2D eigenvalue weighted by Crippen LogP contribution is 2.16. The molecule has 0 spiro atoms. The van der Waals surface area contributed by atoms with Gasteiger partial charge in [0.15, 0.2) is 15.8 Å². The zero-order valence-corrected chi connectivity index (χ0v) is 18.1. The second-order valence-corrected chi connectivity index (χ2v) is 8.42. The van der Waals surface area contributed by atoms with Gasteiger partial charge in [-0.1, -0.05) is 6.07 Å². The lowest BCUT2D eigenvalue weighted by molar-refractivity contribution is 0.599. The number of halogens is 2. The van der Waals surface area contributed by atoms with Crippen LogP contribution in [0.1, 0.15) is 18.9 Å². The molecule has 1 unspecified atom stereocenters. The van der Waals surface area contributed by atoms with E-state index >= 15 is 0 Å². The Morgan fingerprint density at radius 2 is 2.26 bits per heavy atom. The number of nitrogens with zero attached hydrogens (tertiary/aromatic N) is 3. The second-order valence-electron chi connectivity index (χ2n) is 6.20. The van der Waals surface area contributed by atoms with Crippen molar-refractivity contribution < 1.29 is 12.8 Å². The highest BCUT2D eigenvalue weighted by Gasteiger charge is 2.28.